The fourth-order valence-electron chi connectivity index (χ4n) is 13.9. The molecule has 1 aromatic heterocycles. The quantitative estimate of drug-likeness (QED) is 0.347. The lowest BCUT2D eigenvalue weighted by Gasteiger charge is -2.63. The van der Waals surface area contributed by atoms with Gasteiger partial charge in [-0.2, -0.15) is 0 Å². The molecule has 2 aliphatic heterocycles. The molecule has 3 heterocycles. The van der Waals surface area contributed by atoms with Crippen molar-refractivity contribution in [2.75, 3.05) is 19.7 Å². The number of nitrogens with two attached hydrogens (primary N) is 1. The van der Waals surface area contributed by atoms with Crippen LogP contribution in [0.5, 0.6) is 0 Å². The zero-order valence-corrected chi connectivity index (χ0v) is 31.2. The molecule has 50 heavy (non-hydrogen) atoms. The molecule has 11 heteroatoms. The van der Waals surface area contributed by atoms with Gasteiger partial charge in [0.15, 0.2) is 18.8 Å². The number of aliphatic hydroxyl groups excluding tert-OH is 1. The minimum Gasteiger partial charge on any atom is -0.457 e. The van der Waals surface area contributed by atoms with Crippen LogP contribution in [-0.2, 0) is 30.3 Å². The highest BCUT2D eigenvalue weighted by Gasteiger charge is 2.85. The van der Waals surface area contributed by atoms with Crippen LogP contribution in [0.2, 0.25) is 0 Å². The van der Waals surface area contributed by atoms with Gasteiger partial charge in [0.25, 0.3) is 0 Å². The van der Waals surface area contributed by atoms with Gasteiger partial charge in [-0.05, 0) is 111 Å². The molecular weight excluding hydrogens is 638 g/mol. The van der Waals surface area contributed by atoms with Crippen molar-refractivity contribution >= 4 is 5.97 Å². The van der Waals surface area contributed by atoms with Crippen molar-refractivity contribution in [2.24, 2.45) is 51.1 Å². The van der Waals surface area contributed by atoms with Gasteiger partial charge in [-0.15, -0.1) is 0 Å². The average Bonchev–Trinajstić information content (AvgIpc) is 3.33. The number of esters is 1. The highest BCUT2D eigenvalue weighted by molar-refractivity contribution is 5.66. The number of oxazole rings is 1. The lowest BCUT2D eigenvalue weighted by molar-refractivity contribution is -0.247. The summed E-state index contributed by atoms with van der Waals surface area (Å²) in [7, 11) is 0. The first-order chi connectivity index (χ1) is 23.5. The van der Waals surface area contributed by atoms with Gasteiger partial charge >= 0.3 is 5.97 Å². The van der Waals surface area contributed by atoms with Gasteiger partial charge < -0.3 is 39.3 Å². The average molecular weight is 700 g/mol. The van der Waals surface area contributed by atoms with Crippen molar-refractivity contribution in [3.05, 3.63) is 18.4 Å². The van der Waals surface area contributed by atoms with Crippen molar-refractivity contribution < 1.29 is 38.4 Å². The highest BCUT2D eigenvalue weighted by atomic mass is 16.7. The highest BCUT2D eigenvalue weighted by Crippen LogP contribution is 2.87. The van der Waals surface area contributed by atoms with Gasteiger partial charge in [-0.1, -0.05) is 27.7 Å². The van der Waals surface area contributed by atoms with Crippen LogP contribution in [0.1, 0.15) is 106 Å². The monoisotopic (exact) mass is 699 g/mol. The number of fused-ring (bicyclic) bond motifs is 4. The number of morpholine rings is 1. The van der Waals surface area contributed by atoms with Crippen molar-refractivity contribution in [2.45, 2.75) is 154 Å². The third-order valence-corrected chi connectivity index (χ3v) is 15.9. The van der Waals surface area contributed by atoms with E-state index >= 15 is 0 Å². The Bertz CT molecular complexity index is 1450. The third kappa shape index (κ3) is 4.92. The lowest BCUT2D eigenvalue weighted by atomic mass is 9.43. The molecule has 8 rings (SSSR count). The lowest BCUT2D eigenvalue weighted by Crippen LogP contribution is -2.70. The summed E-state index contributed by atoms with van der Waals surface area (Å²) in [6, 6.07) is 0. The minimum absolute atomic E-state index is 0.0249. The van der Waals surface area contributed by atoms with Crippen LogP contribution >= 0.6 is 0 Å². The molecule has 11 nitrogen and oxygen atoms in total. The van der Waals surface area contributed by atoms with Crippen LogP contribution in [0, 0.1) is 45.3 Å². The molecule has 7 aliphatic rings. The van der Waals surface area contributed by atoms with E-state index in [0.717, 1.165) is 57.3 Å². The number of carbonyl (C=O) groups excluding carboxylic acids is 1. The molecular formula is C39H61N3O8. The number of aliphatic hydroxyl groups is 2. The fourth-order valence-corrected chi connectivity index (χ4v) is 13.9. The zero-order chi connectivity index (χ0) is 35.6. The molecule has 280 valence electrons. The second-order valence-corrected chi connectivity index (χ2v) is 19.0. The van der Waals surface area contributed by atoms with Crippen LogP contribution in [0.4, 0.5) is 0 Å². The maximum Gasteiger partial charge on any atom is 0.303 e. The van der Waals surface area contributed by atoms with Crippen LogP contribution in [0.3, 0.4) is 0 Å². The first kappa shape index (κ1) is 35.4. The van der Waals surface area contributed by atoms with Crippen molar-refractivity contribution in [3.63, 3.8) is 0 Å². The summed E-state index contributed by atoms with van der Waals surface area (Å²) in [5.41, 5.74) is 6.66. The van der Waals surface area contributed by atoms with E-state index in [1.165, 1.54) is 19.7 Å². The molecule has 2 saturated heterocycles. The number of ether oxygens (including phenoxy) is 4. The summed E-state index contributed by atoms with van der Waals surface area (Å²) >= 11 is 0. The maximum absolute atomic E-state index is 12.5. The van der Waals surface area contributed by atoms with E-state index in [2.05, 4.69) is 37.6 Å². The topological polar surface area (TPSA) is 150 Å². The second-order valence-electron chi connectivity index (χ2n) is 19.0. The van der Waals surface area contributed by atoms with E-state index in [0.29, 0.717) is 25.5 Å². The molecule has 0 bridgehead atoms. The Morgan fingerprint density at radius 3 is 2.60 bits per heavy atom. The summed E-state index contributed by atoms with van der Waals surface area (Å²) in [5.74, 6) is 0.546. The minimum atomic E-state index is -1.29. The Morgan fingerprint density at radius 1 is 1.16 bits per heavy atom. The van der Waals surface area contributed by atoms with E-state index < -0.39 is 41.5 Å². The van der Waals surface area contributed by atoms with Gasteiger partial charge in [0.05, 0.1) is 54.4 Å². The first-order valence-corrected chi connectivity index (χ1v) is 19.4. The molecule has 2 spiro atoms. The zero-order valence-electron chi connectivity index (χ0n) is 31.2. The van der Waals surface area contributed by atoms with Crippen molar-refractivity contribution in [3.8, 4) is 0 Å². The fraction of sp³-hybridized carbons (Fsp3) is 0.897. The SMILES string of the molecule is CC(=O)O[C@@H](C1C[C@@H](C)[C@H]2C(O1)[C@H](O)[C@@]1(N)C3CC[C@H]4C(C)(C)[C@@H](O[C@H]5CN(Cc6cocn6)CCO5)CCC45CC35CC[C@]21C)C(C)(C)O. The number of nitrogens with zero attached hydrogens (tertiary/aromatic N) is 2. The van der Waals surface area contributed by atoms with Gasteiger partial charge in [0.1, 0.15) is 6.26 Å². The molecule has 5 unspecified atom stereocenters. The summed E-state index contributed by atoms with van der Waals surface area (Å²) < 4.78 is 30.7. The predicted molar refractivity (Wildman–Crippen MR) is 183 cm³/mol. The van der Waals surface area contributed by atoms with Crippen molar-refractivity contribution in [1.29, 1.82) is 0 Å². The van der Waals surface area contributed by atoms with Crippen LogP contribution in [-0.4, -0.2) is 93.7 Å². The van der Waals surface area contributed by atoms with Gasteiger partial charge in [-0.25, -0.2) is 4.98 Å². The first-order valence-electron chi connectivity index (χ1n) is 19.4. The Balaban J connectivity index is 1.01. The Hall–Kier alpha value is -1.60. The van der Waals surface area contributed by atoms with E-state index in [1.54, 1.807) is 20.1 Å². The molecule has 7 fully saturated rings. The van der Waals surface area contributed by atoms with Gasteiger partial charge in [0, 0.05) is 20.0 Å². The van der Waals surface area contributed by atoms with Crippen LogP contribution in [0.25, 0.3) is 0 Å². The third-order valence-electron chi connectivity index (χ3n) is 15.9. The Labute approximate surface area is 297 Å². The second kappa shape index (κ2) is 11.7. The number of carbonyl (C=O) groups is 1. The smallest absolute Gasteiger partial charge is 0.303 e. The molecule has 5 saturated carbocycles. The molecule has 4 N–H and O–H groups in total. The molecule has 0 aromatic carbocycles. The van der Waals surface area contributed by atoms with E-state index in [4.69, 9.17) is 29.1 Å². The summed E-state index contributed by atoms with van der Waals surface area (Å²) in [6.45, 7) is 17.0. The molecule has 1 aromatic rings. The molecule has 0 radical (unpaired) electrons. The largest absolute Gasteiger partial charge is 0.457 e. The number of hydrogen-bond donors (Lipinski definition) is 3. The molecule has 14 atom stereocenters. The number of aromatic nitrogens is 1. The van der Waals surface area contributed by atoms with Gasteiger partial charge in [0.2, 0.25) is 0 Å². The van der Waals surface area contributed by atoms with Crippen molar-refractivity contribution in [1.82, 2.24) is 9.88 Å². The number of rotatable bonds is 7. The number of hydrogen-bond acceptors (Lipinski definition) is 11. The maximum atomic E-state index is 12.5. The van der Waals surface area contributed by atoms with Crippen LogP contribution in [0.15, 0.2) is 17.1 Å². The summed E-state index contributed by atoms with van der Waals surface area (Å²) in [6.07, 6.45) is 8.50. The summed E-state index contributed by atoms with van der Waals surface area (Å²) in [4.78, 5) is 18.7. The normalized spacial score (nSPS) is 48.7. The van der Waals surface area contributed by atoms with E-state index in [-0.39, 0.29) is 51.8 Å². The van der Waals surface area contributed by atoms with E-state index in [1.807, 2.05) is 0 Å². The van der Waals surface area contributed by atoms with Crippen LogP contribution < -0.4 is 5.73 Å². The van der Waals surface area contributed by atoms with Gasteiger partial charge in [-0.3, -0.25) is 9.69 Å². The van der Waals surface area contributed by atoms with E-state index in [9.17, 15) is 15.0 Å². The Morgan fingerprint density at radius 2 is 1.90 bits per heavy atom. The predicted octanol–water partition coefficient (Wildman–Crippen LogP) is 4.43. The molecule has 0 amide bonds. The standard InChI is InChI=1S/C39H61N3O8/c1-22-16-25(33(35(5,6)45)48-23(2)43)49-31-30(22)36(7)12-13-38-20-37(38)11-10-28(34(3,4)26(37)8-9-27(38)39(36,40)32(31)44)50-29-18-42(14-15-47-29)17-24-19-46-21-41-24/h19,21-22,25-33,44-45H,8-18,20,40H2,1-7H3/t22-,25?,26+,27?,28+,29+,30+,31?,32+,33+,36-,37?,38?,39+/m1/s1. The summed E-state index contributed by atoms with van der Waals surface area (Å²) in [5, 5.41) is 23.5. The molecule has 5 aliphatic carbocycles. The Kier molecular flexibility index (Phi) is 8.29.